The van der Waals surface area contributed by atoms with Gasteiger partial charge in [-0.2, -0.15) is 13.2 Å². The van der Waals surface area contributed by atoms with Gasteiger partial charge in [0.15, 0.2) is 0 Å². The maximum Gasteiger partial charge on any atom is 0.418 e. The van der Waals surface area contributed by atoms with Gasteiger partial charge in [-0.05, 0) is 24.1 Å². The van der Waals surface area contributed by atoms with Gasteiger partial charge in [-0.25, -0.2) is 0 Å². The van der Waals surface area contributed by atoms with Crippen LogP contribution in [0, 0.1) is 0 Å². The summed E-state index contributed by atoms with van der Waals surface area (Å²) in [6.07, 6.45) is -3.77. The Balaban J connectivity index is 1.89. The molecule has 0 saturated heterocycles. The van der Waals surface area contributed by atoms with Gasteiger partial charge in [0.05, 0.1) is 11.3 Å². The Kier molecular flexibility index (Phi) is 5.04. The lowest BCUT2D eigenvalue weighted by Crippen LogP contribution is -2.30. The molecule has 0 radical (unpaired) electrons. The molecular formula is C16H15F3N2O. The predicted octanol–water partition coefficient (Wildman–Crippen LogP) is 3.78. The third-order valence-electron chi connectivity index (χ3n) is 3.05. The number of benzene rings is 2. The zero-order valence-corrected chi connectivity index (χ0v) is 11.7. The number of carbonyl (C=O) groups is 1. The molecule has 0 aliphatic carbocycles. The normalized spacial score (nSPS) is 11.0. The van der Waals surface area contributed by atoms with Gasteiger partial charge in [0.25, 0.3) is 0 Å². The molecule has 0 bridgehead atoms. The number of aryl methyl sites for hydroxylation is 1. The summed E-state index contributed by atoms with van der Waals surface area (Å²) in [5, 5.41) is 0. The van der Waals surface area contributed by atoms with E-state index in [0.29, 0.717) is 6.42 Å². The Morgan fingerprint density at radius 2 is 1.59 bits per heavy atom. The lowest BCUT2D eigenvalue weighted by Gasteiger charge is -2.14. The van der Waals surface area contributed by atoms with Crippen molar-refractivity contribution in [1.82, 2.24) is 5.43 Å². The standard InChI is InChI=1S/C16H15F3N2O/c17-16(18,19)13-8-4-5-9-14(13)20-21-15(22)11-10-12-6-2-1-3-7-12/h1-9,20H,10-11H2,(H,21,22). The summed E-state index contributed by atoms with van der Waals surface area (Å²) in [6.45, 7) is 0. The Morgan fingerprint density at radius 3 is 2.27 bits per heavy atom. The molecule has 1 amide bonds. The first kappa shape index (κ1) is 15.9. The highest BCUT2D eigenvalue weighted by Crippen LogP contribution is 2.34. The maximum absolute atomic E-state index is 12.8. The molecule has 2 aromatic rings. The Hall–Kier alpha value is -2.50. The number of amides is 1. The van der Waals surface area contributed by atoms with Gasteiger partial charge in [0.2, 0.25) is 5.91 Å². The number of hydrazine groups is 1. The molecule has 0 aliphatic heterocycles. The minimum absolute atomic E-state index is 0.178. The molecule has 2 rings (SSSR count). The number of alkyl halides is 3. The summed E-state index contributed by atoms with van der Waals surface area (Å²) >= 11 is 0. The van der Waals surface area contributed by atoms with Crippen LogP contribution in [0.5, 0.6) is 0 Å². The summed E-state index contributed by atoms with van der Waals surface area (Å²) in [4.78, 5) is 11.7. The predicted molar refractivity (Wildman–Crippen MR) is 78.0 cm³/mol. The number of carbonyl (C=O) groups excluding carboxylic acids is 1. The lowest BCUT2D eigenvalue weighted by molar-refractivity contribution is -0.137. The van der Waals surface area contributed by atoms with E-state index in [1.807, 2.05) is 30.3 Å². The zero-order chi connectivity index (χ0) is 16.0. The first-order chi connectivity index (χ1) is 10.5. The molecule has 6 heteroatoms. The van der Waals surface area contributed by atoms with Crippen molar-refractivity contribution in [3.05, 3.63) is 65.7 Å². The molecule has 0 saturated carbocycles. The molecule has 2 N–H and O–H groups in total. The monoisotopic (exact) mass is 308 g/mol. The molecule has 22 heavy (non-hydrogen) atoms. The molecule has 0 aliphatic rings. The van der Waals surface area contributed by atoms with E-state index in [0.717, 1.165) is 11.6 Å². The van der Waals surface area contributed by atoms with Crippen LogP contribution in [-0.4, -0.2) is 5.91 Å². The topological polar surface area (TPSA) is 41.1 Å². The molecular weight excluding hydrogens is 293 g/mol. The van der Waals surface area contributed by atoms with Gasteiger partial charge in [0.1, 0.15) is 0 Å². The summed E-state index contributed by atoms with van der Waals surface area (Å²) in [5.74, 6) is -0.374. The fourth-order valence-electron chi connectivity index (χ4n) is 1.94. The fourth-order valence-corrected chi connectivity index (χ4v) is 1.94. The maximum atomic E-state index is 12.8. The van der Waals surface area contributed by atoms with Gasteiger partial charge in [-0.1, -0.05) is 42.5 Å². The van der Waals surface area contributed by atoms with Crippen LogP contribution in [0.25, 0.3) is 0 Å². The molecule has 0 atom stereocenters. The van der Waals surface area contributed by atoms with E-state index in [9.17, 15) is 18.0 Å². The lowest BCUT2D eigenvalue weighted by atomic mass is 10.1. The number of hydrogen-bond acceptors (Lipinski definition) is 2. The first-order valence-corrected chi connectivity index (χ1v) is 6.72. The third kappa shape index (κ3) is 4.51. The molecule has 0 fully saturated rings. The summed E-state index contributed by atoms with van der Waals surface area (Å²) in [7, 11) is 0. The quantitative estimate of drug-likeness (QED) is 0.825. The molecule has 116 valence electrons. The Bertz CT molecular complexity index is 627. The number of rotatable bonds is 5. The number of para-hydroxylation sites is 1. The van der Waals surface area contributed by atoms with Crippen molar-refractivity contribution in [3.8, 4) is 0 Å². The second-order valence-corrected chi connectivity index (χ2v) is 4.70. The van der Waals surface area contributed by atoms with E-state index in [2.05, 4.69) is 10.9 Å². The van der Waals surface area contributed by atoms with Crippen LogP contribution in [0.15, 0.2) is 54.6 Å². The van der Waals surface area contributed by atoms with Crippen molar-refractivity contribution < 1.29 is 18.0 Å². The van der Waals surface area contributed by atoms with Crippen molar-refractivity contribution >= 4 is 11.6 Å². The number of halogens is 3. The molecule has 2 aromatic carbocycles. The highest BCUT2D eigenvalue weighted by Gasteiger charge is 2.33. The zero-order valence-electron chi connectivity index (χ0n) is 11.7. The number of hydrogen-bond donors (Lipinski definition) is 2. The van der Waals surface area contributed by atoms with Crippen LogP contribution in [0.1, 0.15) is 17.5 Å². The second kappa shape index (κ2) is 6.98. The van der Waals surface area contributed by atoms with E-state index < -0.39 is 11.7 Å². The average Bonchev–Trinajstić information content (AvgIpc) is 2.51. The van der Waals surface area contributed by atoms with Crippen LogP contribution in [0.4, 0.5) is 18.9 Å². The van der Waals surface area contributed by atoms with Crippen LogP contribution in [-0.2, 0) is 17.4 Å². The van der Waals surface area contributed by atoms with Gasteiger partial charge >= 0.3 is 6.18 Å². The largest absolute Gasteiger partial charge is 0.418 e. The van der Waals surface area contributed by atoms with Gasteiger partial charge in [-0.15, -0.1) is 0 Å². The Labute approximate surface area is 126 Å². The van der Waals surface area contributed by atoms with Crippen LogP contribution < -0.4 is 10.9 Å². The second-order valence-electron chi connectivity index (χ2n) is 4.70. The van der Waals surface area contributed by atoms with Crippen LogP contribution >= 0.6 is 0 Å². The third-order valence-corrected chi connectivity index (χ3v) is 3.05. The fraction of sp³-hybridized carbons (Fsp3) is 0.188. The van der Waals surface area contributed by atoms with Crippen LogP contribution in [0.3, 0.4) is 0 Å². The van der Waals surface area contributed by atoms with Crippen molar-refractivity contribution in [2.75, 3.05) is 5.43 Å². The molecule has 3 nitrogen and oxygen atoms in total. The highest BCUT2D eigenvalue weighted by atomic mass is 19.4. The molecule has 0 aromatic heterocycles. The van der Waals surface area contributed by atoms with Crippen molar-refractivity contribution in [1.29, 1.82) is 0 Å². The van der Waals surface area contributed by atoms with E-state index in [1.165, 1.54) is 18.2 Å². The first-order valence-electron chi connectivity index (χ1n) is 6.72. The van der Waals surface area contributed by atoms with Crippen molar-refractivity contribution in [3.63, 3.8) is 0 Å². The molecule has 0 heterocycles. The average molecular weight is 308 g/mol. The van der Waals surface area contributed by atoms with Gasteiger partial charge in [0, 0.05) is 6.42 Å². The van der Waals surface area contributed by atoms with E-state index in [-0.39, 0.29) is 18.0 Å². The SMILES string of the molecule is O=C(CCc1ccccc1)NNc1ccccc1C(F)(F)F. The van der Waals surface area contributed by atoms with E-state index in [4.69, 9.17) is 0 Å². The van der Waals surface area contributed by atoms with Crippen LogP contribution in [0.2, 0.25) is 0 Å². The minimum Gasteiger partial charge on any atom is -0.298 e. The molecule has 0 spiro atoms. The van der Waals surface area contributed by atoms with Crippen molar-refractivity contribution in [2.24, 2.45) is 0 Å². The smallest absolute Gasteiger partial charge is 0.298 e. The molecule has 0 unspecified atom stereocenters. The minimum atomic E-state index is -4.47. The van der Waals surface area contributed by atoms with Gasteiger partial charge in [-0.3, -0.25) is 15.6 Å². The summed E-state index contributed by atoms with van der Waals surface area (Å²) < 4.78 is 38.4. The Morgan fingerprint density at radius 1 is 0.955 bits per heavy atom. The highest BCUT2D eigenvalue weighted by molar-refractivity contribution is 5.77. The van der Waals surface area contributed by atoms with E-state index in [1.54, 1.807) is 0 Å². The van der Waals surface area contributed by atoms with Crippen molar-refractivity contribution in [2.45, 2.75) is 19.0 Å². The van der Waals surface area contributed by atoms with E-state index >= 15 is 0 Å². The summed E-state index contributed by atoms with van der Waals surface area (Å²) in [6, 6.07) is 14.4. The number of anilines is 1. The number of nitrogens with one attached hydrogen (secondary N) is 2. The van der Waals surface area contributed by atoms with Gasteiger partial charge < -0.3 is 0 Å². The summed E-state index contributed by atoms with van der Waals surface area (Å²) in [5.41, 5.74) is 4.62.